The van der Waals surface area contributed by atoms with Crippen LogP contribution in [0.4, 0.5) is 5.69 Å². The van der Waals surface area contributed by atoms with Gasteiger partial charge in [0.05, 0.1) is 110 Å². The van der Waals surface area contributed by atoms with Crippen molar-refractivity contribution in [2.75, 3.05) is 104 Å². The highest BCUT2D eigenvalue weighted by molar-refractivity contribution is 9.14. The van der Waals surface area contributed by atoms with Crippen molar-refractivity contribution in [3.63, 3.8) is 0 Å². The number of azide groups is 1. The number of aromatic nitrogens is 3. The van der Waals surface area contributed by atoms with E-state index in [9.17, 15) is 19.2 Å². The normalized spacial score (nSPS) is 13.4. The Morgan fingerprint density at radius 1 is 0.733 bits per heavy atom. The number of fused-ring (bicyclic) bond motifs is 5. The van der Waals surface area contributed by atoms with Crippen molar-refractivity contribution in [3.05, 3.63) is 73.5 Å². The van der Waals surface area contributed by atoms with Crippen molar-refractivity contribution < 1.29 is 47.6 Å². The van der Waals surface area contributed by atoms with Crippen LogP contribution in [0.5, 0.6) is 0 Å². The highest BCUT2D eigenvalue weighted by Crippen LogP contribution is 2.41. The second kappa shape index (κ2) is 25.3. The lowest BCUT2D eigenvalue weighted by atomic mass is 9.95. The number of ether oxygens (including phenoxy) is 6. The van der Waals surface area contributed by atoms with Gasteiger partial charge < -0.3 is 38.6 Å². The number of hydrogen-bond acceptors (Lipinski definition) is 13. The fourth-order valence-electron chi connectivity index (χ4n) is 6.15. The van der Waals surface area contributed by atoms with E-state index in [1.165, 1.54) is 0 Å². The Hall–Kier alpha value is -4.57. The first kappa shape index (κ1) is 46.5. The zero-order valence-corrected chi connectivity index (χ0v) is 36.1. The second-order valence-electron chi connectivity index (χ2n) is 13.0. The third-order valence-electron chi connectivity index (χ3n) is 9.07. The van der Waals surface area contributed by atoms with Crippen LogP contribution < -0.4 is 10.2 Å². The summed E-state index contributed by atoms with van der Waals surface area (Å²) in [7, 11) is 0. The van der Waals surface area contributed by atoms with Crippen LogP contribution in [0.25, 0.3) is 33.0 Å². The molecule has 0 fully saturated rings. The van der Waals surface area contributed by atoms with E-state index in [0.29, 0.717) is 90.5 Å². The number of amides is 4. The number of hydrogen-bond donors (Lipinski definition) is 1. The summed E-state index contributed by atoms with van der Waals surface area (Å²) in [4.78, 5) is 55.8. The van der Waals surface area contributed by atoms with Gasteiger partial charge in [0.15, 0.2) is 0 Å². The summed E-state index contributed by atoms with van der Waals surface area (Å²) in [5, 5.41) is 15.3. The molecule has 0 unspecified atom stereocenters. The molecule has 1 aromatic heterocycles. The Kier molecular flexibility index (Phi) is 19.6. The predicted octanol–water partition coefficient (Wildman–Crippen LogP) is 4.14. The van der Waals surface area contributed by atoms with Crippen molar-refractivity contribution in [1.29, 1.82) is 0 Å². The average molecular weight is 962 g/mol. The number of para-hydroxylation sites is 1. The molecular weight excluding hydrogens is 914 g/mol. The number of carbonyl (C=O) groups excluding carboxylic acids is 4. The minimum Gasteiger partial charge on any atom is -0.379 e. The molecular formula is C39H47Br2N9O10. The quantitative estimate of drug-likeness (QED) is 0.0375. The number of carbonyl (C=O) groups is 4. The Labute approximate surface area is 363 Å². The number of halogens is 2. The van der Waals surface area contributed by atoms with Gasteiger partial charge in [0, 0.05) is 42.0 Å². The van der Waals surface area contributed by atoms with E-state index in [-0.39, 0.29) is 66.5 Å². The number of nitrogens with one attached hydrogen (secondary N) is 1. The van der Waals surface area contributed by atoms with E-state index in [0.717, 1.165) is 27.3 Å². The molecule has 0 atom stereocenters. The van der Waals surface area contributed by atoms with Gasteiger partial charge in [-0.05, 0) is 49.0 Å². The average Bonchev–Trinajstić information content (AvgIpc) is 3.74. The number of anilines is 1. The number of nitrogens with zero attached hydrogens (tertiary/aromatic N) is 8. The summed E-state index contributed by atoms with van der Waals surface area (Å²) in [6, 6.07) is 15.5. The maximum atomic E-state index is 13.8. The zero-order chi connectivity index (χ0) is 42.5. The predicted molar refractivity (Wildman–Crippen MR) is 225 cm³/mol. The molecule has 1 N–H and O–H groups in total. The smallest absolute Gasteiger partial charge is 0.269 e. The Bertz CT molecular complexity index is 1990. The molecule has 4 amide bonds. The fourth-order valence-corrected chi connectivity index (χ4v) is 6.92. The van der Waals surface area contributed by atoms with Gasteiger partial charge in [-0.15, -0.1) is 5.10 Å². The van der Waals surface area contributed by atoms with E-state index >= 15 is 0 Å². The lowest BCUT2D eigenvalue weighted by Gasteiger charge is -2.28. The molecule has 2 aliphatic heterocycles. The van der Waals surface area contributed by atoms with Gasteiger partial charge >= 0.3 is 0 Å². The van der Waals surface area contributed by atoms with Gasteiger partial charge in [-0.1, -0.05) is 52.8 Å². The fraction of sp³-hybridized carbons (Fsp3) is 0.487. The molecule has 5 rings (SSSR count). The van der Waals surface area contributed by atoms with Gasteiger partial charge in [-0.25, -0.2) is 4.68 Å². The SMILES string of the molecule is [N-]=[N+]=NCCOCCOCCn1nnc2c1-c1ccccc1CN(C(=O)CCNC(=O)CCOCCOCCOCCOCCN1C(=O)C(Br)=C(Br)C1=O)c1ccccc1-2. The topological polar surface area (TPSA) is 222 Å². The summed E-state index contributed by atoms with van der Waals surface area (Å²) < 4.78 is 35.3. The summed E-state index contributed by atoms with van der Waals surface area (Å²) >= 11 is 6.17. The third kappa shape index (κ3) is 13.5. The lowest BCUT2D eigenvalue weighted by molar-refractivity contribution is -0.138. The maximum Gasteiger partial charge on any atom is 0.269 e. The van der Waals surface area contributed by atoms with Crippen LogP contribution in [0.3, 0.4) is 0 Å². The van der Waals surface area contributed by atoms with E-state index in [4.69, 9.17) is 34.0 Å². The monoisotopic (exact) mass is 959 g/mol. The number of imide groups is 1. The summed E-state index contributed by atoms with van der Waals surface area (Å²) in [6.45, 7) is 5.18. The standard InChI is InChI=1S/C39H47Br2N9O10/c40-34-35(41)39(54)48(38(34)53)13-17-57-22-24-60-26-25-59-23-19-55-15-10-32(51)43-11-9-33(52)49-27-28-5-1-2-6-29(28)37-36(30-7-3-4-8-31(30)49)45-47-50(37)14-18-58-21-20-56-16-12-44-46-42/h1-8H,9-27H2,(H,43,51). The van der Waals surface area contributed by atoms with Crippen LogP contribution in [0, 0.1) is 0 Å². The van der Waals surface area contributed by atoms with Gasteiger partial charge in [-0.3, -0.25) is 24.1 Å². The van der Waals surface area contributed by atoms with Crippen molar-refractivity contribution in [2.24, 2.45) is 5.11 Å². The van der Waals surface area contributed by atoms with Gasteiger partial charge in [0.25, 0.3) is 11.8 Å². The van der Waals surface area contributed by atoms with Crippen LogP contribution >= 0.6 is 31.9 Å². The third-order valence-corrected chi connectivity index (χ3v) is 11.1. The van der Waals surface area contributed by atoms with Gasteiger partial charge in [0.2, 0.25) is 11.8 Å². The van der Waals surface area contributed by atoms with Crippen LogP contribution in [0.1, 0.15) is 18.4 Å². The molecule has 0 spiro atoms. The molecule has 3 heterocycles. The molecule has 0 radical (unpaired) electrons. The van der Waals surface area contributed by atoms with Crippen LogP contribution in [0.15, 0.2) is 62.6 Å². The maximum absolute atomic E-state index is 13.8. The Morgan fingerprint density at radius 2 is 1.30 bits per heavy atom. The van der Waals surface area contributed by atoms with Crippen molar-refractivity contribution in [3.8, 4) is 22.5 Å². The molecule has 322 valence electrons. The summed E-state index contributed by atoms with van der Waals surface area (Å²) in [5.74, 6) is -1.18. The van der Waals surface area contributed by atoms with Crippen LogP contribution in [-0.2, 0) is 60.7 Å². The second-order valence-corrected chi connectivity index (χ2v) is 14.6. The van der Waals surface area contributed by atoms with E-state index < -0.39 is 11.8 Å². The molecule has 21 heteroatoms. The van der Waals surface area contributed by atoms with E-state index in [2.05, 4.69) is 57.5 Å². The highest BCUT2D eigenvalue weighted by atomic mass is 79.9. The van der Waals surface area contributed by atoms with Crippen LogP contribution in [-0.4, -0.2) is 142 Å². The summed E-state index contributed by atoms with van der Waals surface area (Å²) in [5.41, 5.74) is 13.1. The number of rotatable bonds is 27. The molecule has 3 aromatic rings. The molecule has 0 saturated heterocycles. The van der Waals surface area contributed by atoms with E-state index in [1.807, 2.05) is 53.2 Å². The first-order valence-electron chi connectivity index (χ1n) is 19.4. The Balaban J connectivity index is 0.969. The van der Waals surface area contributed by atoms with Crippen molar-refractivity contribution in [2.45, 2.75) is 25.9 Å². The summed E-state index contributed by atoms with van der Waals surface area (Å²) in [6.07, 6.45) is 0.227. The zero-order valence-electron chi connectivity index (χ0n) is 33.0. The van der Waals surface area contributed by atoms with Crippen molar-refractivity contribution >= 4 is 61.2 Å². The first-order chi connectivity index (χ1) is 29.3. The molecule has 2 aromatic carbocycles. The van der Waals surface area contributed by atoms with Crippen LogP contribution in [0.2, 0.25) is 0 Å². The molecule has 0 aliphatic carbocycles. The van der Waals surface area contributed by atoms with E-state index in [1.54, 1.807) is 4.90 Å². The number of benzene rings is 2. The molecule has 2 aliphatic rings. The first-order valence-corrected chi connectivity index (χ1v) is 21.0. The minimum atomic E-state index is -0.399. The van der Waals surface area contributed by atoms with Gasteiger partial charge in [-0.2, -0.15) is 0 Å². The Morgan fingerprint density at radius 3 is 1.97 bits per heavy atom. The lowest BCUT2D eigenvalue weighted by Crippen LogP contribution is -2.35. The molecule has 0 saturated carbocycles. The van der Waals surface area contributed by atoms with Gasteiger partial charge in [0.1, 0.15) is 14.7 Å². The van der Waals surface area contributed by atoms with Crippen molar-refractivity contribution in [1.82, 2.24) is 25.2 Å². The molecule has 60 heavy (non-hydrogen) atoms. The largest absolute Gasteiger partial charge is 0.379 e. The molecule has 19 nitrogen and oxygen atoms in total. The minimum absolute atomic E-state index is 0.0892. The molecule has 0 bridgehead atoms. The highest BCUT2D eigenvalue weighted by Gasteiger charge is 2.35.